The van der Waals surface area contributed by atoms with E-state index in [9.17, 15) is 24.3 Å². The van der Waals surface area contributed by atoms with Crippen LogP contribution >= 0.6 is 15.9 Å². The molecule has 5 heterocycles. The van der Waals surface area contributed by atoms with Gasteiger partial charge < -0.3 is 55.1 Å². The van der Waals surface area contributed by atoms with E-state index in [-0.39, 0.29) is 23.5 Å². The van der Waals surface area contributed by atoms with Gasteiger partial charge in [0.05, 0.1) is 87.7 Å². The highest BCUT2D eigenvalue weighted by Crippen LogP contribution is 2.38. The van der Waals surface area contributed by atoms with Gasteiger partial charge in [0.15, 0.2) is 17.5 Å². The fraction of sp³-hybridized carbons (Fsp3) is 0.362. The number of hydrogen-bond donors (Lipinski definition) is 5. The lowest BCUT2D eigenvalue weighted by atomic mass is 10.1. The van der Waals surface area contributed by atoms with Crippen LogP contribution in [-0.2, 0) is 18.9 Å². The van der Waals surface area contributed by atoms with Gasteiger partial charge in [0, 0.05) is 87.4 Å². The van der Waals surface area contributed by atoms with Crippen LogP contribution in [0.5, 0.6) is 0 Å². The van der Waals surface area contributed by atoms with Gasteiger partial charge in [-0.2, -0.15) is 0 Å². The van der Waals surface area contributed by atoms with E-state index in [1.165, 1.54) is 111 Å². The molecule has 618 valence electrons. The van der Waals surface area contributed by atoms with Crippen molar-refractivity contribution >= 4 is 101 Å². The van der Waals surface area contributed by atoms with Crippen LogP contribution < -0.4 is 20.9 Å². The molecule has 17 rings (SSSR count). The number of nitrogens with one attached hydrogen (secondary N) is 1. The first kappa shape index (κ1) is 89.1. The van der Waals surface area contributed by atoms with Crippen LogP contribution in [0.2, 0.25) is 0 Å². The summed E-state index contributed by atoms with van der Waals surface area (Å²) in [6, 6.07) is 62.6. The zero-order valence-electron chi connectivity index (χ0n) is 68.6. The Bertz CT molecular complexity index is 5200. The van der Waals surface area contributed by atoms with Crippen molar-refractivity contribution in [2.75, 3.05) is 77.5 Å². The second-order valence-electron chi connectivity index (χ2n) is 29.3. The van der Waals surface area contributed by atoms with Crippen molar-refractivity contribution in [1.82, 2.24) is 39.9 Å². The van der Waals surface area contributed by atoms with Gasteiger partial charge in [0.2, 0.25) is 0 Å². The van der Waals surface area contributed by atoms with Crippen molar-refractivity contribution in [2.45, 2.75) is 160 Å². The molecule has 1 saturated heterocycles. The zero-order chi connectivity index (χ0) is 83.7. The summed E-state index contributed by atoms with van der Waals surface area (Å²) in [6.07, 6.45) is 24.3. The minimum Gasteiger partial charge on any atom is -0.478 e. The molecule has 5 fully saturated rings. The number of aromatic carboxylic acids is 1. The molecule has 4 aliphatic carbocycles. The fourth-order valence-electron chi connectivity index (χ4n) is 14.6. The number of anilines is 3. The number of fused-ring (bicyclic) bond motifs is 4. The quantitative estimate of drug-likeness (QED) is 0.0443. The molecule has 12 aromatic rings. The summed E-state index contributed by atoms with van der Waals surface area (Å²) < 4.78 is 19.9. The maximum atomic E-state index is 11.9. The number of carbonyl (C=O) groups is 4. The molecule has 6 N–H and O–H groups in total. The molecule has 4 saturated carbocycles. The van der Waals surface area contributed by atoms with Gasteiger partial charge in [0.25, 0.3) is 0 Å². The summed E-state index contributed by atoms with van der Waals surface area (Å²) in [5.41, 5.74) is 20.2. The Morgan fingerprint density at radius 2 is 0.763 bits per heavy atom. The molecule has 8 aromatic carbocycles. The molecule has 1 aliphatic heterocycles. The first-order valence-corrected chi connectivity index (χ1v) is 41.6. The van der Waals surface area contributed by atoms with Crippen molar-refractivity contribution in [2.24, 2.45) is 5.73 Å². The number of hydrogen-bond acceptors (Lipinski definition) is 22. The molecule has 0 atom stereocenters. The molecule has 0 radical (unpaired) electrons. The third kappa shape index (κ3) is 24.7. The van der Waals surface area contributed by atoms with Gasteiger partial charge in [-0.25, -0.2) is 59.0 Å². The van der Waals surface area contributed by atoms with Crippen LogP contribution in [-0.4, -0.2) is 166 Å². The van der Waals surface area contributed by atoms with Gasteiger partial charge in [-0.15, -0.1) is 0 Å². The Labute approximate surface area is 699 Å². The van der Waals surface area contributed by atoms with Crippen LogP contribution in [0, 0.1) is 0 Å². The number of esters is 3. The number of unbranched alkanes of at least 4 members (excludes halogenated alkanes) is 1. The Morgan fingerprint density at radius 3 is 1.10 bits per heavy atom. The smallest absolute Gasteiger partial charge is 0.337 e. The average molecular weight is 1660 g/mol. The summed E-state index contributed by atoms with van der Waals surface area (Å²) in [4.78, 5) is 89.3. The Morgan fingerprint density at radius 1 is 0.432 bits per heavy atom. The van der Waals surface area contributed by atoms with Crippen LogP contribution in [0.3, 0.4) is 0 Å². The van der Waals surface area contributed by atoms with E-state index in [1.54, 1.807) is 60.7 Å². The fourth-order valence-corrected chi connectivity index (χ4v) is 15.1. The molecule has 4 aromatic heterocycles. The van der Waals surface area contributed by atoms with Crippen molar-refractivity contribution in [3.05, 3.63) is 221 Å². The van der Waals surface area contributed by atoms with Gasteiger partial charge in [-0.05, 0) is 159 Å². The second-order valence-corrected chi connectivity index (χ2v) is 30.0. The van der Waals surface area contributed by atoms with E-state index in [0.717, 1.165) is 138 Å². The maximum Gasteiger partial charge on any atom is 0.337 e. The van der Waals surface area contributed by atoms with Gasteiger partial charge in [-0.1, -0.05) is 186 Å². The van der Waals surface area contributed by atoms with Gasteiger partial charge in [0.1, 0.15) is 27.4 Å². The summed E-state index contributed by atoms with van der Waals surface area (Å²) in [5.74, 6) is 0.384. The number of nitrogens with zero attached hydrogens (tertiary/aromatic N) is 10. The average Bonchev–Trinajstić information content (AvgIpc) is 1.20. The van der Waals surface area contributed by atoms with E-state index in [0.29, 0.717) is 79.7 Å². The van der Waals surface area contributed by atoms with Crippen molar-refractivity contribution in [3.63, 3.8) is 0 Å². The number of rotatable bonds is 16. The number of aromatic nitrogens is 8. The first-order chi connectivity index (χ1) is 57.5. The molecule has 118 heavy (non-hydrogen) atoms. The van der Waals surface area contributed by atoms with Crippen molar-refractivity contribution < 1.29 is 53.4 Å². The van der Waals surface area contributed by atoms with Gasteiger partial charge in [-0.3, -0.25) is 0 Å². The number of carboxylic acid groups (broad SMARTS) is 1. The van der Waals surface area contributed by atoms with Crippen molar-refractivity contribution in [3.8, 4) is 45.0 Å². The standard InChI is InChI=1S/C22H23N3O2.2C21H21N3O2.C16H11BrN2O2.C5H11N.C4H8O.C4H10O.CH4O/c1-25(17-10-6-7-11-17)21-20(15-8-4-3-5-9-15)23-18-13-12-16(22(26)27-2)14-19(18)24-21;1-24(16-9-5-6-10-16)20-19(14-7-3-2-4-8-14)22-17-12-11-15(21(25)26)13-18(17)23-20;1-26-21(25)15-11-12-17-18(13-15)24-20(22-16-9-5-6-10-16)19(23-17)14-7-3-2-4-8-14;1-21-16(20)11-7-8-12-13(9-11)19-15(17)14(18-12)10-5-3-2-4-6-10;6-5-3-1-2-4-5;1-2-4-5-3-1;1-2-3-4-5;1-2/h3-5,8-9,12-14,17H,6-7,10-11H2,1-2H3;2-4,7-8,11-13,16H,5-6,9-10H2,1H3,(H,25,26);2-4,7-8,11-13,16H,5-6,9-10H2,1H3,(H,22,24);2-9H,1H3;5H,1-4,6H2;1-4H2;5H,2-4H2,1H3;2H,1H3. The summed E-state index contributed by atoms with van der Waals surface area (Å²) in [6.45, 7) is 4.40. The lowest BCUT2D eigenvalue weighted by Crippen LogP contribution is -2.30. The topological polar surface area (TPSA) is 314 Å². The Hall–Kier alpha value is -11.3. The van der Waals surface area contributed by atoms with Crippen molar-refractivity contribution in [1.29, 1.82) is 0 Å². The first-order valence-electron chi connectivity index (χ1n) is 40.8. The molecule has 5 aliphatic rings. The molecule has 23 nitrogen and oxygen atoms in total. The van der Waals surface area contributed by atoms with Crippen LogP contribution in [0.1, 0.15) is 177 Å². The molecule has 0 bridgehead atoms. The molecule has 24 heteroatoms. The number of aliphatic hydroxyl groups excluding tert-OH is 2. The largest absolute Gasteiger partial charge is 0.478 e. The van der Waals surface area contributed by atoms with E-state index < -0.39 is 5.97 Å². The second kappa shape index (κ2) is 46.0. The van der Waals surface area contributed by atoms with E-state index >= 15 is 0 Å². The maximum absolute atomic E-state index is 11.9. The molecular weight excluding hydrogens is 1550 g/mol. The number of carboxylic acids is 1. The molecule has 0 amide bonds. The number of carbonyl (C=O) groups excluding carboxylic acids is 3. The lowest BCUT2D eigenvalue weighted by molar-refractivity contribution is 0.0592. The van der Waals surface area contributed by atoms with Gasteiger partial charge >= 0.3 is 23.9 Å². The molecular formula is C94H109BrN12O11. The summed E-state index contributed by atoms with van der Waals surface area (Å²) in [7, 11) is 9.29. The molecule has 0 spiro atoms. The number of halogens is 1. The lowest BCUT2D eigenvalue weighted by Gasteiger charge is -2.27. The molecule has 0 unspecified atom stereocenters. The highest BCUT2D eigenvalue weighted by atomic mass is 79.9. The minimum absolute atomic E-state index is 0.230. The Kier molecular flexibility index (Phi) is 34.7. The number of benzene rings is 8. The highest BCUT2D eigenvalue weighted by Gasteiger charge is 2.28. The SMILES string of the molecule is C1CCOC1.CCCCO.CN(c1nc2cc(C(=O)O)ccc2nc1-c1ccccc1)C1CCCC1.CO.COC(=O)c1ccc2nc(-c3ccccc3)c(Br)nc2c1.COC(=O)c1ccc2nc(-c3ccccc3)c(N(C)C3CCCC3)nc2c1.COC(=O)c1ccc2nc(-c3ccccc3)c(NC3CCCC3)nc2c1.NC1CCCC1. The minimum atomic E-state index is -0.952. The highest BCUT2D eigenvalue weighted by molar-refractivity contribution is 9.10. The number of ether oxygens (including phenoxy) is 4. The normalized spacial score (nSPS) is 14.3. The third-order valence-electron chi connectivity index (χ3n) is 21.1. The van der Waals surface area contributed by atoms with E-state index in [1.807, 2.05) is 121 Å². The number of aliphatic hydroxyl groups is 2. The third-order valence-corrected chi connectivity index (χ3v) is 21.7. The van der Waals surface area contributed by atoms with Crippen LogP contribution in [0.15, 0.2) is 199 Å². The number of nitrogens with two attached hydrogens (primary N) is 1. The summed E-state index contributed by atoms with van der Waals surface area (Å²) >= 11 is 3.44. The van der Waals surface area contributed by atoms with E-state index in [2.05, 4.69) is 74.2 Å². The summed E-state index contributed by atoms with van der Waals surface area (Å²) in [5, 5.41) is 27.9. The van der Waals surface area contributed by atoms with Crippen LogP contribution in [0.25, 0.3) is 89.2 Å². The monoisotopic (exact) mass is 1660 g/mol. The van der Waals surface area contributed by atoms with E-state index in [4.69, 9.17) is 64.8 Å². The predicted octanol–water partition coefficient (Wildman–Crippen LogP) is 19.2. The zero-order valence-corrected chi connectivity index (χ0v) is 70.2. The van der Waals surface area contributed by atoms with Crippen LogP contribution in [0.4, 0.5) is 17.5 Å². The predicted molar refractivity (Wildman–Crippen MR) is 472 cm³/mol. The Balaban J connectivity index is 0.000000155. The number of methoxy groups -OCH3 is 3.